The monoisotopic (exact) mass is 356 g/mol. The first-order valence-corrected chi connectivity index (χ1v) is 9.20. The van der Waals surface area contributed by atoms with Gasteiger partial charge in [-0.1, -0.05) is 48.6 Å². The van der Waals surface area contributed by atoms with Gasteiger partial charge in [-0.25, -0.2) is 0 Å². The summed E-state index contributed by atoms with van der Waals surface area (Å²) in [5, 5.41) is 4.76. The van der Waals surface area contributed by atoms with Crippen LogP contribution in [0, 0.1) is 0 Å². The summed E-state index contributed by atoms with van der Waals surface area (Å²) in [5.74, 6) is -0.296. The fourth-order valence-electron chi connectivity index (χ4n) is 2.58. The highest BCUT2D eigenvalue weighted by molar-refractivity contribution is 7.12. The first-order valence-electron chi connectivity index (χ1n) is 8.32. The molecular formula is C20H24N2O2S. The summed E-state index contributed by atoms with van der Waals surface area (Å²) in [6, 6.07) is 12.7. The Morgan fingerprint density at radius 3 is 2.48 bits per heavy atom. The van der Waals surface area contributed by atoms with Crippen molar-refractivity contribution in [3.63, 3.8) is 0 Å². The third kappa shape index (κ3) is 5.57. The first-order chi connectivity index (χ1) is 12.0. The van der Waals surface area contributed by atoms with Crippen molar-refractivity contribution in [2.24, 2.45) is 0 Å². The van der Waals surface area contributed by atoms with Gasteiger partial charge in [-0.3, -0.25) is 9.59 Å². The second-order valence-corrected chi connectivity index (χ2v) is 6.95. The van der Waals surface area contributed by atoms with Crippen molar-refractivity contribution in [1.82, 2.24) is 10.2 Å². The van der Waals surface area contributed by atoms with Crippen LogP contribution in [0.5, 0.6) is 0 Å². The van der Waals surface area contributed by atoms with Gasteiger partial charge in [0.25, 0.3) is 5.91 Å². The van der Waals surface area contributed by atoms with E-state index in [1.165, 1.54) is 11.3 Å². The highest BCUT2D eigenvalue weighted by Crippen LogP contribution is 2.12. The van der Waals surface area contributed by atoms with Gasteiger partial charge >= 0.3 is 0 Å². The summed E-state index contributed by atoms with van der Waals surface area (Å²) in [5.41, 5.74) is 1.93. The first kappa shape index (κ1) is 18.9. The zero-order chi connectivity index (χ0) is 18.2. The van der Waals surface area contributed by atoms with E-state index in [1.54, 1.807) is 11.0 Å². The molecule has 0 radical (unpaired) electrons. The lowest BCUT2D eigenvalue weighted by molar-refractivity contribution is -0.132. The van der Waals surface area contributed by atoms with Crippen molar-refractivity contribution >= 4 is 23.2 Å². The lowest BCUT2D eigenvalue weighted by Gasteiger charge is -2.27. The maximum Gasteiger partial charge on any atom is 0.262 e. The molecule has 0 aliphatic rings. The summed E-state index contributed by atoms with van der Waals surface area (Å²) in [4.78, 5) is 27.8. The molecule has 0 bridgehead atoms. The molecule has 1 heterocycles. The molecule has 0 spiro atoms. The number of carbonyl (C=O) groups excluding carboxylic acids is 2. The Morgan fingerprint density at radius 2 is 1.92 bits per heavy atom. The fourth-order valence-corrected chi connectivity index (χ4v) is 3.21. The molecule has 5 heteroatoms. The minimum absolute atomic E-state index is 0.0840. The van der Waals surface area contributed by atoms with Gasteiger partial charge in [0.2, 0.25) is 5.91 Å². The second kappa shape index (κ2) is 9.18. The molecule has 0 aliphatic heterocycles. The molecule has 0 saturated heterocycles. The molecule has 1 atom stereocenters. The van der Waals surface area contributed by atoms with Crippen molar-refractivity contribution in [1.29, 1.82) is 0 Å². The smallest absolute Gasteiger partial charge is 0.262 e. The van der Waals surface area contributed by atoms with E-state index < -0.39 is 6.04 Å². The normalized spacial score (nSPS) is 11.6. The maximum atomic E-state index is 13.0. The molecule has 0 saturated carbocycles. The Hall–Kier alpha value is -2.40. The molecule has 1 aromatic carbocycles. The Balaban J connectivity index is 2.19. The molecule has 0 fully saturated rings. The number of rotatable bonds is 8. The lowest BCUT2D eigenvalue weighted by atomic mass is 10.0. The van der Waals surface area contributed by atoms with Crippen LogP contribution in [-0.4, -0.2) is 35.8 Å². The topological polar surface area (TPSA) is 49.4 Å². The summed E-state index contributed by atoms with van der Waals surface area (Å²) in [6.07, 6.45) is 0.462. The SMILES string of the molecule is C=C(C)CN(CC)C(=O)C(Cc1ccccc1)NC(=O)c1cccs1. The van der Waals surface area contributed by atoms with E-state index >= 15 is 0 Å². The zero-order valence-corrected chi connectivity index (χ0v) is 15.5. The van der Waals surface area contributed by atoms with Crippen LogP contribution in [-0.2, 0) is 11.2 Å². The van der Waals surface area contributed by atoms with Crippen LogP contribution in [0.1, 0.15) is 29.1 Å². The van der Waals surface area contributed by atoms with Crippen molar-refractivity contribution < 1.29 is 9.59 Å². The molecule has 25 heavy (non-hydrogen) atoms. The third-order valence-corrected chi connectivity index (χ3v) is 4.65. The van der Waals surface area contributed by atoms with Crippen LogP contribution < -0.4 is 5.32 Å². The average molecular weight is 356 g/mol. The van der Waals surface area contributed by atoms with Gasteiger partial charge < -0.3 is 10.2 Å². The highest BCUT2D eigenvalue weighted by atomic mass is 32.1. The lowest BCUT2D eigenvalue weighted by Crippen LogP contribution is -2.50. The number of nitrogens with zero attached hydrogens (tertiary/aromatic N) is 1. The van der Waals surface area contributed by atoms with E-state index in [-0.39, 0.29) is 11.8 Å². The number of hydrogen-bond donors (Lipinski definition) is 1. The van der Waals surface area contributed by atoms with Crippen LogP contribution in [0.25, 0.3) is 0 Å². The van der Waals surface area contributed by atoms with Gasteiger partial charge in [-0.15, -0.1) is 11.3 Å². The number of carbonyl (C=O) groups is 2. The van der Waals surface area contributed by atoms with Gasteiger partial charge in [-0.05, 0) is 30.9 Å². The van der Waals surface area contributed by atoms with Gasteiger partial charge in [0.05, 0.1) is 4.88 Å². The number of nitrogens with one attached hydrogen (secondary N) is 1. The number of thiophene rings is 1. The van der Waals surface area contributed by atoms with E-state index in [0.717, 1.165) is 11.1 Å². The van der Waals surface area contributed by atoms with Crippen LogP contribution >= 0.6 is 11.3 Å². The molecule has 4 nitrogen and oxygen atoms in total. The number of likely N-dealkylation sites (N-methyl/N-ethyl adjacent to an activating group) is 1. The molecular weight excluding hydrogens is 332 g/mol. The van der Waals surface area contributed by atoms with Crippen molar-refractivity contribution in [3.8, 4) is 0 Å². The Labute approximate surface area is 153 Å². The highest BCUT2D eigenvalue weighted by Gasteiger charge is 2.26. The van der Waals surface area contributed by atoms with Gasteiger partial charge in [-0.2, -0.15) is 0 Å². The van der Waals surface area contributed by atoms with E-state index in [1.807, 2.05) is 55.6 Å². The van der Waals surface area contributed by atoms with Crippen LogP contribution in [0.4, 0.5) is 0 Å². The molecule has 0 aliphatic carbocycles. The Morgan fingerprint density at radius 1 is 1.20 bits per heavy atom. The Kier molecular flexibility index (Phi) is 6.95. The number of benzene rings is 1. The summed E-state index contributed by atoms with van der Waals surface area (Å²) < 4.78 is 0. The predicted molar refractivity (Wildman–Crippen MR) is 103 cm³/mol. The van der Waals surface area contributed by atoms with E-state index in [2.05, 4.69) is 11.9 Å². The van der Waals surface area contributed by atoms with Gasteiger partial charge in [0.15, 0.2) is 0 Å². The predicted octanol–water partition coefficient (Wildman–Crippen LogP) is 3.51. The molecule has 2 rings (SSSR count). The summed E-state index contributed by atoms with van der Waals surface area (Å²) >= 11 is 1.36. The maximum absolute atomic E-state index is 13.0. The minimum Gasteiger partial charge on any atom is -0.339 e. The minimum atomic E-state index is -0.601. The molecule has 1 N–H and O–H groups in total. The van der Waals surface area contributed by atoms with Crippen LogP contribution in [0.15, 0.2) is 60.0 Å². The third-order valence-electron chi connectivity index (χ3n) is 3.79. The molecule has 1 unspecified atom stereocenters. The fraction of sp³-hybridized carbons (Fsp3) is 0.300. The Bertz CT molecular complexity index is 711. The number of hydrogen-bond acceptors (Lipinski definition) is 3. The van der Waals surface area contributed by atoms with E-state index in [4.69, 9.17) is 0 Å². The zero-order valence-electron chi connectivity index (χ0n) is 14.7. The van der Waals surface area contributed by atoms with Crippen LogP contribution in [0.2, 0.25) is 0 Å². The molecule has 132 valence electrons. The van der Waals surface area contributed by atoms with Crippen molar-refractivity contribution in [2.45, 2.75) is 26.3 Å². The van der Waals surface area contributed by atoms with E-state index in [0.29, 0.717) is 24.4 Å². The quantitative estimate of drug-likeness (QED) is 0.736. The largest absolute Gasteiger partial charge is 0.339 e. The van der Waals surface area contributed by atoms with Gasteiger partial charge in [0, 0.05) is 19.5 Å². The second-order valence-electron chi connectivity index (χ2n) is 6.00. The molecule has 2 aromatic rings. The summed E-state index contributed by atoms with van der Waals surface area (Å²) in [7, 11) is 0. The molecule has 2 amide bonds. The summed E-state index contributed by atoms with van der Waals surface area (Å²) in [6.45, 7) is 8.79. The van der Waals surface area contributed by atoms with E-state index in [9.17, 15) is 9.59 Å². The van der Waals surface area contributed by atoms with Crippen LogP contribution in [0.3, 0.4) is 0 Å². The van der Waals surface area contributed by atoms with Crippen molar-refractivity contribution in [3.05, 3.63) is 70.4 Å². The van der Waals surface area contributed by atoms with Crippen molar-refractivity contribution in [2.75, 3.05) is 13.1 Å². The average Bonchev–Trinajstić information content (AvgIpc) is 3.14. The standard InChI is InChI=1S/C20H24N2O2S/c1-4-22(14-15(2)3)20(24)17(13-16-9-6-5-7-10-16)21-19(23)18-11-8-12-25-18/h5-12,17H,2,4,13-14H2,1,3H3,(H,21,23). The number of amides is 2. The van der Waals surface area contributed by atoms with Gasteiger partial charge in [0.1, 0.15) is 6.04 Å². The molecule has 1 aromatic heterocycles.